The number of thioether (sulfide) groups is 1. The molecule has 0 radical (unpaired) electrons. The van der Waals surface area contributed by atoms with Gasteiger partial charge >= 0.3 is 0 Å². The topological polar surface area (TPSA) is 32.3 Å². The van der Waals surface area contributed by atoms with Crippen LogP contribution in [0.2, 0.25) is 0 Å². The van der Waals surface area contributed by atoms with Crippen LogP contribution in [0.3, 0.4) is 0 Å². The molecule has 0 aliphatic carbocycles. The van der Waals surface area contributed by atoms with Crippen molar-refractivity contribution in [1.82, 2.24) is 5.32 Å². The van der Waals surface area contributed by atoms with E-state index in [4.69, 9.17) is 0 Å². The molecular formula is C14H23NOS. The molecule has 0 aliphatic heterocycles. The molecule has 0 saturated carbocycles. The summed E-state index contributed by atoms with van der Waals surface area (Å²) in [5.74, 6) is 1.09. The highest BCUT2D eigenvalue weighted by molar-refractivity contribution is 7.99. The van der Waals surface area contributed by atoms with Crippen molar-refractivity contribution in [3.05, 3.63) is 29.8 Å². The lowest BCUT2D eigenvalue weighted by Gasteiger charge is -2.18. The monoisotopic (exact) mass is 253 g/mol. The summed E-state index contributed by atoms with van der Waals surface area (Å²) in [7, 11) is 0. The van der Waals surface area contributed by atoms with Crippen molar-refractivity contribution in [3.8, 4) is 0 Å². The van der Waals surface area contributed by atoms with Crippen LogP contribution < -0.4 is 5.32 Å². The van der Waals surface area contributed by atoms with E-state index in [1.165, 1.54) is 10.5 Å². The van der Waals surface area contributed by atoms with Gasteiger partial charge in [-0.2, -0.15) is 0 Å². The summed E-state index contributed by atoms with van der Waals surface area (Å²) in [6.07, 6.45) is 0.572. The van der Waals surface area contributed by atoms with Gasteiger partial charge < -0.3 is 10.4 Å². The van der Waals surface area contributed by atoms with Gasteiger partial charge in [-0.1, -0.05) is 25.1 Å². The molecule has 2 unspecified atom stereocenters. The molecule has 0 saturated heterocycles. The van der Waals surface area contributed by atoms with Gasteiger partial charge in [0.25, 0.3) is 0 Å². The Morgan fingerprint density at radius 3 is 2.65 bits per heavy atom. The zero-order valence-corrected chi connectivity index (χ0v) is 11.8. The number of aliphatic hydroxyl groups is 1. The minimum atomic E-state index is -0.227. The van der Waals surface area contributed by atoms with Crippen molar-refractivity contribution in [1.29, 1.82) is 0 Å². The number of hydrogen-bond donors (Lipinski definition) is 2. The number of nitrogens with one attached hydrogen (secondary N) is 1. The Balaban J connectivity index is 2.58. The number of aliphatic hydroxyl groups excluding tert-OH is 1. The van der Waals surface area contributed by atoms with Crippen LogP contribution in [0.4, 0.5) is 0 Å². The zero-order chi connectivity index (χ0) is 12.7. The fraction of sp³-hybridized carbons (Fsp3) is 0.571. The van der Waals surface area contributed by atoms with Crippen LogP contribution >= 0.6 is 11.8 Å². The van der Waals surface area contributed by atoms with E-state index >= 15 is 0 Å². The molecule has 0 fully saturated rings. The maximum atomic E-state index is 9.23. The fourth-order valence-corrected chi connectivity index (χ4v) is 2.64. The van der Waals surface area contributed by atoms with E-state index < -0.39 is 0 Å². The van der Waals surface area contributed by atoms with Crippen LogP contribution in [0.5, 0.6) is 0 Å². The van der Waals surface area contributed by atoms with Crippen molar-refractivity contribution >= 4 is 11.8 Å². The number of benzene rings is 1. The smallest absolute Gasteiger partial charge is 0.0524 e. The summed E-state index contributed by atoms with van der Waals surface area (Å²) in [6.45, 7) is 7.03. The fourth-order valence-electron chi connectivity index (χ4n) is 1.74. The van der Waals surface area contributed by atoms with E-state index in [1.807, 2.05) is 18.7 Å². The van der Waals surface area contributed by atoms with Gasteiger partial charge in [0.2, 0.25) is 0 Å². The van der Waals surface area contributed by atoms with Crippen LogP contribution in [0.25, 0.3) is 0 Å². The molecule has 0 heterocycles. The molecule has 17 heavy (non-hydrogen) atoms. The maximum absolute atomic E-state index is 9.23. The lowest BCUT2D eigenvalue weighted by atomic mass is 10.1. The molecule has 0 aliphatic rings. The highest BCUT2D eigenvalue weighted by atomic mass is 32.2. The summed E-state index contributed by atoms with van der Waals surface area (Å²) in [5.41, 5.74) is 1.35. The Labute approximate surface area is 109 Å². The third-order valence-electron chi connectivity index (χ3n) is 2.70. The molecule has 2 nitrogen and oxygen atoms in total. The van der Waals surface area contributed by atoms with E-state index in [2.05, 4.69) is 43.4 Å². The molecule has 0 spiro atoms. The third-order valence-corrected chi connectivity index (χ3v) is 3.67. The largest absolute Gasteiger partial charge is 0.393 e. The molecule has 0 amide bonds. The van der Waals surface area contributed by atoms with Crippen molar-refractivity contribution in [2.75, 3.05) is 12.3 Å². The number of hydrogen-bond acceptors (Lipinski definition) is 3. The van der Waals surface area contributed by atoms with Gasteiger partial charge in [0.05, 0.1) is 6.10 Å². The lowest BCUT2D eigenvalue weighted by Crippen LogP contribution is -2.23. The Morgan fingerprint density at radius 2 is 2.00 bits per heavy atom. The summed E-state index contributed by atoms with van der Waals surface area (Å²) in [5, 5.41) is 12.7. The van der Waals surface area contributed by atoms with E-state index in [9.17, 15) is 5.11 Å². The lowest BCUT2D eigenvalue weighted by molar-refractivity contribution is 0.182. The molecule has 2 atom stereocenters. The van der Waals surface area contributed by atoms with Crippen molar-refractivity contribution in [2.24, 2.45) is 0 Å². The Hall–Kier alpha value is -0.510. The summed E-state index contributed by atoms with van der Waals surface area (Å²) >= 11 is 1.88. The Kier molecular flexibility index (Phi) is 6.63. The average Bonchev–Trinajstić information content (AvgIpc) is 2.29. The predicted molar refractivity (Wildman–Crippen MR) is 75.6 cm³/mol. The second-order valence-corrected chi connectivity index (χ2v) is 5.59. The summed E-state index contributed by atoms with van der Waals surface area (Å²) in [4.78, 5) is 1.35. The first-order valence-electron chi connectivity index (χ1n) is 6.28. The first-order chi connectivity index (χ1) is 8.15. The highest BCUT2D eigenvalue weighted by Crippen LogP contribution is 2.26. The van der Waals surface area contributed by atoms with Gasteiger partial charge in [0.15, 0.2) is 0 Å². The molecular weight excluding hydrogens is 230 g/mol. The quantitative estimate of drug-likeness (QED) is 0.732. The van der Waals surface area contributed by atoms with Gasteiger partial charge in [-0.25, -0.2) is 0 Å². The molecule has 2 N–H and O–H groups in total. The number of rotatable bonds is 7. The van der Waals surface area contributed by atoms with E-state index in [-0.39, 0.29) is 6.10 Å². The van der Waals surface area contributed by atoms with Gasteiger partial charge in [0.1, 0.15) is 0 Å². The molecule has 1 rings (SSSR count). The van der Waals surface area contributed by atoms with Crippen LogP contribution in [-0.2, 0) is 0 Å². The molecule has 3 heteroatoms. The maximum Gasteiger partial charge on any atom is 0.0524 e. The highest BCUT2D eigenvalue weighted by Gasteiger charge is 2.09. The predicted octanol–water partition coefficient (Wildman–Crippen LogP) is 3.22. The normalized spacial score (nSPS) is 14.6. The molecule has 1 aromatic rings. The first kappa shape index (κ1) is 14.6. The van der Waals surface area contributed by atoms with Crippen molar-refractivity contribution in [3.63, 3.8) is 0 Å². The molecule has 0 bridgehead atoms. The standard InChI is InChI=1S/C14H23NOS/c1-4-17-14-8-6-5-7-13(14)12(3)15-10-9-11(2)16/h5-8,11-12,15-16H,4,9-10H2,1-3H3. The molecule has 1 aromatic carbocycles. The average molecular weight is 253 g/mol. The van der Waals surface area contributed by atoms with E-state index in [0.717, 1.165) is 18.7 Å². The SMILES string of the molecule is CCSc1ccccc1C(C)NCCC(C)O. The third kappa shape index (κ3) is 5.11. The second kappa shape index (κ2) is 7.75. The first-order valence-corrected chi connectivity index (χ1v) is 7.26. The minimum Gasteiger partial charge on any atom is -0.393 e. The van der Waals surface area contributed by atoms with Crippen LogP contribution in [-0.4, -0.2) is 23.5 Å². The van der Waals surface area contributed by atoms with Crippen LogP contribution in [0.1, 0.15) is 38.8 Å². The molecule has 0 aromatic heterocycles. The van der Waals surface area contributed by atoms with Gasteiger partial charge in [0, 0.05) is 10.9 Å². The Bertz CT molecular complexity index is 328. The van der Waals surface area contributed by atoms with Gasteiger partial charge in [-0.15, -0.1) is 11.8 Å². The van der Waals surface area contributed by atoms with Gasteiger partial charge in [-0.05, 0) is 44.2 Å². The van der Waals surface area contributed by atoms with E-state index in [0.29, 0.717) is 6.04 Å². The minimum absolute atomic E-state index is 0.227. The second-order valence-electron chi connectivity index (χ2n) is 4.28. The van der Waals surface area contributed by atoms with Crippen molar-refractivity contribution < 1.29 is 5.11 Å². The van der Waals surface area contributed by atoms with Crippen LogP contribution in [0.15, 0.2) is 29.2 Å². The summed E-state index contributed by atoms with van der Waals surface area (Å²) in [6, 6.07) is 8.87. The Morgan fingerprint density at radius 1 is 1.29 bits per heavy atom. The van der Waals surface area contributed by atoms with Gasteiger partial charge in [-0.3, -0.25) is 0 Å². The zero-order valence-electron chi connectivity index (χ0n) is 10.9. The van der Waals surface area contributed by atoms with Crippen LogP contribution in [0, 0.1) is 0 Å². The molecule has 96 valence electrons. The summed E-state index contributed by atoms with van der Waals surface area (Å²) < 4.78 is 0. The van der Waals surface area contributed by atoms with Crippen molar-refractivity contribution in [2.45, 2.75) is 44.2 Å². The van der Waals surface area contributed by atoms with E-state index in [1.54, 1.807) is 0 Å².